The first kappa shape index (κ1) is 11.3. The molecule has 0 bridgehead atoms. The van der Waals surface area contributed by atoms with E-state index in [0.717, 1.165) is 0 Å². The van der Waals surface area contributed by atoms with E-state index in [1.165, 1.54) is 13.2 Å². The minimum Gasteiger partial charge on any atom is -0.497 e. The fourth-order valence-corrected chi connectivity index (χ4v) is 1.36. The largest absolute Gasteiger partial charge is 0.497 e. The second kappa shape index (κ2) is 3.75. The van der Waals surface area contributed by atoms with E-state index in [-0.39, 0.29) is 5.02 Å². The van der Waals surface area contributed by atoms with Crippen LogP contribution in [0.5, 0.6) is 5.75 Å². The fraction of sp³-hybridized carbons (Fsp3) is 0.400. The third kappa shape index (κ3) is 2.16. The molecule has 14 heavy (non-hydrogen) atoms. The van der Waals surface area contributed by atoms with Crippen molar-refractivity contribution in [3.63, 3.8) is 0 Å². The van der Waals surface area contributed by atoms with Crippen molar-refractivity contribution < 1.29 is 9.13 Å². The Kier molecular flexibility index (Phi) is 3.02. The summed E-state index contributed by atoms with van der Waals surface area (Å²) in [6.07, 6.45) is 0. The molecule has 1 aromatic carbocycles. The van der Waals surface area contributed by atoms with Gasteiger partial charge < -0.3 is 10.5 Å². The molecule has 0 spiro atoms. The summed E-state index contributed by atoms with van der Waals surface area (Å²) in [6.45, 7) is 3.42. The van der Waals surface area contributed by atoms with Crippen molar-refractivity contribution in [3.05, 3.63) is 28.5 Å². The van der Waals surface area contributed by atoms with Crippen molar-refractivity contribution in [1.82, 2.24) is 0 Å². The lowest BCUT2D eigenvalue weighted by Crippen LogP contribution is -2.30. The van der Waals surface area contributed by atoms with Crippen LogP contribution >= 0.6 is 11.6 Å². The molecule has 0 aromatic heterocycles. The summed E-state index contributed by atoms with van der Waals surface area (Å²) in [4.78, 5) is 0. The van der Waals surface area contributed by atoms with Crippen LogP contribution in [0, 0.1) is 5.82 Å². The number of benzene rings is 1. The van der Waals surface area contributed by atoms with Crippen LogP contribution in [0.25, 0.3) is 0 Å². The SMILES string of the molecule is COc1cc(Cl)c(F)c(C(C)(C)N)c1. The highest BCUT2D eigenvalue weighted by atomic mass is 35.5. The zero-order valence-corrected chi connectivity index (χ0v) is 9.15. The molecule has 0 heterocycles. The van der Waals surface area contributed by atoms with Crippen molar-refractivity contribution in [2.45, 2.75) is 19.4 Å². The van der Waals surface area contributed by atoms with Crippen molar-refractivity contribution in [1.29, 1.82) is 0 Å². The Morgan fingerprint density at radius 1 is 1.43 bits per heavy atom. The molecule has 1 rings (SSSR count). The van der Waals surface area contributed by atoms with Gasteiger partial charge in [0.1, 0.15) is 11.6 Å². The Morgan fingerprint density at radius 2 is 2.00 bits per heavy atom. The molecule has 0 atom stereocenters. The quantitative estimate of drug-likeness (QED) is 0.827. The molecule has 0 unspecified atom stereocenters. The van der Waals surface area contributed by atoms with Crippen LogP contribution in [0.15, 0.2) is 12.1 Å². The maximum Gasteiger partial charge on any atom is 0.147 e. The van der Waals surface area contributed by atoms with E-state index >= 15 is 0 Å². The number of hydrogen-bond acceptors (Lipinski definition) is 2. The Balaban J connectivity index is 3.35. The summed E-state index contributed by atoms with van der Waals surface area (Å²) in [5, 5.41) is 0.0258. The zero-order chi connectivity index (χ0) is 10.9. The highest BCUT2D eigenvalue weighted by molar-refractivity contribution is 6.31. The van der Waals surface area contributed by atoms with Gasteiger partial charge in [0.25, 0.3) is 0 Å². The second-order valence-electron chi connectivity index (χ2n) is 3.69. The molecule has 0 saturated carbocycles. The van der Waals surface area contributed by atoms with Gasteiger partial charge in [0, 0.05) is 17.2 Å². The zero-order valence-electron chi connectivity index (χ0n) is 8.40. The van der Waals surface area contributed by atoms with Crippen LogP contribution in [0.4, 0.5) is 4.39 Å². The van der Waals surface area contributed by atoms with Crippen LogP contribution in [-0.2, 0) is 5.54 Å². The number of rotatable bonds is 2. The van der Waals surface area contributed by atoms with Crippen LogP contribution in [0.3, 0.4) is 0 Å². The van der Waals surface area contributed by atoms with Crippen molar-refractivity contribution in [2.75, 3.05) is 7.11 Å². The maximum absolute atomic E-state index is 13.5. The molecule has 2 N–H and O–H groups in total. The molecule has 0 saturated heterocycles. The predicted molar refractivity (Wildman–Crippen MR) is 55.2 cm³/mol. The molecule has 1 aromatic rings. The summed E-state index contributed by atoms with van der Waals surface area (Å²) in [6, 6.07) is 2.98. The smallest absolute Gasteiger partial charge is 0.147 e. The van der Waals surface area contributed by atoms with Crippen molar-refractivity contribution in [3.8, 4) is 5.75 Å². The molecular weight excluding hydrogens is 205 g/mol. The molecule has 78 valence electrons. The Labute approximate surface area is 87.8 Å². The molecule has 0 aliphatic carbocycles. The summed E-state index contributed by atoms with van der Waals surface area (Å²) in [5.74, 6) is 0.0184. The number of ether oxygens (including phenoxy) is 1. The number of nitrogens with two attached hydrogens (primary N) is 1. The first-order valence-corrected chi connectivity index (χ1v) is 4.56. The highest BCUT2D eigenvalue weighted by Crippen LogP contribution is 2.30. The van der Waals surface area contributed by atoms with Gasteiger partial charge in [-0.25, -0.2) is 4.39 Å². The van der Waals surface area contributed by atoms with Crippen molar-refractivity contribution in [2.24, 2.45) is 5.73 Å². The summed E-state index contributed by atoms with van der Waals surface area (Å²) in [7, 11) is 1.50. The second-order valence-corrected chi connectivity index (χ2v) is 4.10. The average molecular weight is 218 g/mol. The minimum absolute atomic E-state index is 0.0258. The van der Waals surface area contributed by atoms with Crippen LogP contribution in [-0.4, -0.2) is 7.11 Å². The molecule has 0 fully saturated rings. The van der Waals surface area contributed by atoms with Gasteiger partial charge in [-0.3, -0.25) is 0 Å². The van der Waals surface area contributed by atoms with Gasteiger partial charge in [-0.15, -0.1) is 0 Å². The van der Waals surface area contributed by atoms with Crippen molar-refractivity contribution >= 4 is 11.6 Å². The first-order chi connectivity index (χ1) is 6.36. The normalized spacial score (nSPS) is 11.6. The fourth-order valence-electron chi connectivity index (χ4n) is 1.15. The Bertz CT molecular complexity index is 347. The molecule has 0 amide bonds. The van der Waals surface area contributed by atoms with E-state index < -0.39 is 11.4 Å². The Morgan fingerprint density at radius 3 is 2.43 bits per heavy atom. The maximum atomic E-state index is 13.5. The lowest BCUT2D eigenvalue weighted by Gasteiger charge is -2.21. The molecule has 0 aliphatic heterocycles. The molecular formula is C10H13ClFNO. The van der Waals surface area contributed by atoms with E-state index in [9.17, 15) is 4.39 Å². The summed E-state index contributed by atoms with van der Waals surface area (Å²) < 4.78 is 18.5. The van der Waals surface area contributed by atoms with Gasteiger partial charge in [0.15, 0.2) is 0 Å². The standard InChI is InChI=1S/C10H13ClFNO/c1-10(2,13)7-4-6(14-3)5-8(11)9(7)12/h4-5H,13H2,1-3H3. The van der Waals surface area contributed by atoms with E-state index in [1.807, 2.05) is 0 Å². The average Bonchev–Trinajstić information content (AvgIpc) is 2.07. The summed E-state index contributed by atoms with van der Waals surface area (Å²) in [5.41, 5.74) is 5.37. The van der Waals surface area contributed by atoms with Gasteiger partial charge >= 0.3 is 0 Å². The number of methoxy groups -OCH3 is 1. The molecule has 0 radical (unpaired) electrons. The number of hydrogen-bond donors (Lipinski definition) is 1. The Hall–Kier alpha value is -0.800. The van der Waals surface area contributed by atoms with Gasteiger partial charge in [0.2, 0.25) is 0 Å². The van der Waals surface area contributed by atoms with Gasteiger partial charge in [0.05, 0.1) is 12.1 Å². The minimum atomic E-state index is -0.776. The van der Waals surface area contributed by atoms with E-state index in [0.29, 0.717) is 11.3 Å². The molecule has 4 heteroatoms. The molecule has 2 nitrogen and oxygen atoms in total. The van der Waals surface area contributed by atoms with Gasteiger partial charge in [-0.2, -0.15) is 0 Å². The van der Waals surface area contributed by atoms with Crippen LogP contribution < -0.4 is 10.5 Å². The van der Waals surface area contributed by atoms with E-state index in [1.54, 1.807) is 19.9 Å². The highest BCUT2D eigenvalue weighted by Gasteiger charge is 2.21. The van der Waals surface area contributed by atoms with Gasteiger partial charge in [-0.05, 0) is 19.9 Å². The summed E-state index contributed by atoms with van der Waals surface area (Å²) >= 11 is 5.69. The van der Waals surface area contributed by atoms with E-state index in [2.05, 4.69) is 0 Å². The van der Waals surface area contributed by atoms with Crippen LogP contribution in [0.1, 0.15) is 19.4 Å². The monoisotopic (exact) mass is 217 g/mol. The van der Waals surface area contributed by atoms with Crippen LogP contribution in [0.2, 0.25) is 5.02 Å². The van der Waals surface area contributed by atoms with E-state index in [4.69, 9.17) is 22.1 Å². The topological polar surface area (TPSA) is 35.2 Å². The first-order valence-electron chi connectivity index (χ1n) is 4.18. The third-order valence-electron chi connectivity index (χ3n) is 1.93. The predicted octanol–water partition coefficient (Wildman–Crippen LogP) is 2.68. The number of halogens is 2. The van der Waals surface area contributed by atoms with Gasteiger partial charge in [-0.1, -0.05) is 11.6 Å². The third-order valence-corrected chi connectivity index (χ3v) is 2.21. The lowest BCUT2D eigenvalue weighted by molar-refractivity contribution is 0.409. The lowest BCUT2D eigenvalue weighted by atomic mass is 9.95. The molecule has 0 aliphatic rings.